The predicted molar refractivity (Wildman–Crippen MR) is 95.8 cm³/mol. The highest BCUT2D eigenvalue weighted by Crippen LogP contribution is 2.31. The van der Waals surface area contributed by atoms with Crippen LogP contribution in [0.1, 0.15) is 0 Å². The number of hydrogen-bond donors (Lipinski definition) is 1. The van der Waals surface area contributed by atoms with Crippen molar-refractivity contribution >= 4 is 22.1 Å². The zero-order valence-corrected chi connectivity index (χ0v) is 13.8. The number of rotatable bonds is 2. The maximum absolute atomic E-state index is 4.74. The molecule has 0 bridgehead atoms. The number of pyridine rings is 1. The molecule has 0 radical (unpaired) electrons. The average Bonchev–Trinajstić information content (AvgIpc) is 3.33. The molecule has 0 fully saturated rings. The van der Waals surface area contributed by atoms with E-state index in [4.69, 9.17) is 4.98 Å². The number of H-pyrrole nitrogens is 1. The van der Waals surface area contributed by atoms with Crippen LogP contribution in [-0.2, 0) is 14.1 Å². The zero-order chi connectivity index (χ0) is 17.0. The smallest absolute Gasteiger partial charge is 0.138 e. The molecule has 4 aromatic heterocycles. The van der Waals surface area contributed by atoms with Gasteiger partial charge in [-0.3, -0.25) is 4.68 Å². The lowest BCUT2D eigenvalue weighted by Gasteiger charge is -2.02. The summed E-state index contributed by atoms with van der Waals surface area (Å²) in [7, 11) is 3.80. The summed E-state index contributed by atoms with van der Waals surface area (Å²) in [5, 5.41) is 13.5. The van der Waals surface area contributed by atoms with Crippen molar-refractivity contribution in [1.82, 2.24) is 34.7 Å². The van der Waals surface area contributed by atoms with Crippen LogP contribution in [0, 0.1) is 0 Å². The molecule has 0 saturated heterocycles. The summed E-state index contributed by atoms with van der Waals surface area (Å²) in [6.45, 7) is 0. The number of nitrogens with zero attached hydrogens (tertiary/aromatic N) is 6. The van der Waals surface area contributed by atoms with E-state index in [-0.39, 0.29) is 0 Å². The third-order valence-electron chi connectivity index (χ3n) is 4.46. The number of benzene rings is 1. The molecule has 0 aliphatic rings. The molecule has 7 heteroatoms. The Morgan fingerprint density at radius 1 is 1.04 bits per heavy atom. The molecule has 0 saturated carbocycles. The Hall–Kier alpha value is -3.48. The highest BCUT2D eigenvalue weighted by molar-refractivity contribution is 5.96. The normalized spacial score (nSPS) is 11.6. The Morgan fingerprint density at radius 3 is 2.80 bits per heavy atom. The number of hydrogen-bond acceptors (Lipinski definition) is 4. The van der Waals surface area contributed by atoms with Crippen LogP contribution in [0.2, 0.25) is 0 Å². The van der Waals surface area contributed by atoms with Gasteiger partial charge in [-0.25, -0.2) is 9.67 Å². The Kier molecular flexibility index (Phi) is 2.79. The van der Waals surface area contributed by atoms with E-state index < -0.39 is 0 Å². The van der Waals surface area contributed by atoms with Crippen LogP contribution in [0.15, 0.2) is 48.9 Å². The molecule has 1 aromatic carbocycles. The lowest BCUT2D eigenvalue weighted by Crippen LogP contribution is -1.89. The van der Waals surface area contributed by atoms with E-state index in [9.17, 15) is 0 Å². The standard InChI is InChI=1S/C18H15N7/c1-24-10-12(8-20-24)15-6-4-13-14(9-19-18(13)21-15)11-3-5-16-17(7-11)25(2)23-22-16/h3-10H,1-2H3,(H,19,21). The van der Waals surface area contributed by atoms with Gasteiger partial charge in [-0.05, 0) is 29.8 Å². The summed E-state index contributed by atoms with van der Waals surface area (Å²) in [5.41, 5.74) is 6.89. The molecule has 122 valence electrons. The second-order valence-electron chi connectivity index (χ2n) is 6.11. The van der Waals surface area contributed by atoms with E-state index in [0.29, 0.717) is 0 Å². The number of aromatic amines is 1. The Morgan fingerprint density at radius 2 is 1.96 bits per heavy atom. The van der Waals surface area contributed by atoms with Gasteiger partial charge in [-0.2, -0.15) is 5.10 Å². The lowest BCUT2D eigenvalue weighted by molar-refractivity contribution is 0.736. The van der Waals surface area contributed by atoms with Crippen molar-refractivity contribution in [2.24, 2.45) is 14.1 Å². The molecule has 0 spiro atoms. The van der Waals surface area contributed by atoms with Gasteiger partial charge in [0.2, 0.25) is 0 Å². The first-order valence-corrected chi connectivity index (χ1v) is 7.96. The van der Waals surface area contributed by atoms with Crippen LogP contribution in [0.5, 0.6) is 0 Å². The van der Waals surface area contributed by atoms with Crippen LogP contribution >= 0.6 is 0 Å². The van der Waals surface area contributed by atoms with Crippen molar-refractivity contribution in [2.45, 2.75) is 0 Å². The summed E-state index contributed by atoms with van der Waals surface area (Å²) in [5.74, 6) is 0. The highest BCUT2D eigenvalue weighted by atomic mass is 15.4. The monoisotopic (exact) mass is 329 g/mol. The van der Waals surface area contributed by atoms with Crippen LogP contribution in [0.4, 0.5) is 0 Å². The molecule has 0 unspecified atom stereocenters. The summed E-state index contributed by atoms with van der Waals surface area (Å²) in [6, 6.07) is 10.3. The first kappa shape index (κ1) is 13.9. The van der Waals surface area contributed by atoms with E-state index >= 15 is 0 Å². The molecule has 25 heavy (non-hydrogen) atoms. The maximum atomic E-state index is 4.74. The molecule has 0 atom stereocenters. The second-order valence-corrected chi connectivity index (χ2v) is 6.11. The van der Waals surface area contributed by atoms with E-state index in [2.05, 4.69) is 38.6 Å². The van der Waals surface area contributed by atoms with Crippen molar-refractivity contribution in [2.75, 3.05) is 0 Å². The Bertz CT molecular complexity index is 1220. The molecule has 0 aliphatic heterocycles. The second kappa shape index (κ2) is 5.01. The minimum atomic E-state index is 0.861. The first-order valence-electron chi connectivity index (χ1n) is 7.96. The Balaban J connectivity index is 1.65. The van der Waals surface area contributed by atoms with E-state index in [1.807, 2.05) is 44.8 Å². The lowest BCUT2D eigenvalue weighted by atomic mass is 10.0. The van der Waals surface area contributed by atoms with Gasteiger partial charge in [0, 0.05) is 43.0 Å². The summed E-state index contributed by atoms with van der Waals surface area (Å²) >= 11 is 0. The zero-order valence-electron chi connectivity index (χ0n) is 13.8. The van der Waals surface area contributed by atoms with Crippen molar-refractivity contribution in [1.29, 1.82) is 0 Å². The van der Waals surface area contributed by atoms with Gasteiger partial charge < -0.3 is 4.98 Å². The van der Waals surface area contributed by atoms with Crippen molar-refractivity contribution in [3.8, 4) is 22.4 Å². The minimum absolute atomic E-state index is 0.861. The molecular formula is C18H15N7. The third-order valence-corrected chi connectivity index (χ3v) is 4.46. The third kappa shape index (κ3) is 2.13. The van der Waals surface area contributed by atoms with Crippen LogP contribution < -0.4 is 0 Å². The van der Waals surface area contributed by atoms with Gasteiger partial charge in [0.15, 0.2) is 0 Å². The van der Waals surface area contributed by atoms with Gasteiger partial charge in [0.05, 0.1) is 17.4 Å². The first-order chi connectivity index (χ1) is 12.2. The van der Waals surface area contributed by atoms with Crippen molar-refractivity contribution in [3.05, 3.63) is 48.9 Å². The summed E-state index contributed by atoms with van der Waals surface area (Å²) in [6.07, 6.45) is 5.78. The summed E-state index contributed by atoms with van der Waals surface area (Å²) < 4.78 is 3.56. The molecule has 7 nitrogen and oxygen atoms in total. The Labute approximate surface area is 142 Å². The molecule has 1 N–H and O–H groups in total. The molecule has 5 aromatic rings. The highest BCUT2D eigenvalue weighted by Gasteiger charge is 2.11. The predicted octanol–water partition coefficient (Wildman–Crippen LogP) is 2.91. The van der Waals surface area contributed by atoms with Gasteiger partial charge in [-0.1, -0.05) is 11.3 Å². The van der Waals surface area contributed by atoms with Gasteiger partial charge in [-0.15, -0.1) is 5.10 Å². The van der Waals surface area contributed by atoms with Crippen molar-refractivity contribution in [3.63, 3.8) is 0 Å². The van der Waals surface area contributed by atoms with Crippen LogP contribution in [-0.4, -0.2) is 34.7 Å². The fourth-order valence-corrected chi connectivity index (χ4v) is 3.16. The van der Waals surface area contributed by atoms with Crippen molar-refractivity contribution < 1.29 is 0 Å². The quantitative estimate of drug-likeness (QED) is 0.540. The molecular weight excluding hydrogens is 314 g/mol. The number of aryl methyl sites for hydroxylation is 2. The van der Waals surface area contributed by atoms with E-state index in [0.717, 1.165) is 44.5 Å². The summed E-state index contributed by atoms with van der Waals surface area (Å²) in [4.78, 5) is 8.02. The molecule has 4 heterocycles. The fourth-order valence-electron chi connectivity index (χ4n) is 3.16. The number of nitrogens with one attached hydrogen (secondary N) is 1. The molecule has 5 rings (SSSR count). The van der Waals surface area contributed by atoms with Gasteiger partial charge in [0.1, 0.15) is 11.2 Å². The number of aromatic nitrogens is 7. The van der Waals surface area contributed by atoms with E-state index in [1.54, 1.807) is 9.36 Å². The largest absolute Gasteiger partial charge is 0.345 e. The van der Waals surface area contributed by atoms with Gasteiger partial charge in [0.25, 0.3) is 0 Å². The molecule has 0 aliphatic carbocycles. The SMILES string of the molecule is Cn1cc(-c2ccc3c(-c4ccc5nnn(C)c5c4)c[nH]c3n2)cn1. The average molecular weight is 329 g/mol. The maximum Gasteiger partial charge on any atom is 0.138 e. The van der Waals surface area contributed by atoms with Crippen LogP contribution in [0.3, 0.4) is 0 Å². The van der Waals surface area contributed by atoms with Crippen LogP contribution in [0.25, 0.3) is 44.5 Å². The fraction of sp³-hybridized carbons (Fsp3) is 0.111. The topological polar surface area (TPSA) is 77.2 Å². The van der Waals surface area contributed by atoms with Gasteiger partial charge >= 0.3 is 0 Å². The molecule has 0 amide bonds. The van der Waals surface area contributed by atoms with E-state index in [1.165, 1.54) is 0 Å². The minimum Gasteiger partial charge on any atom is -0.345 e. The number of fused-ring (bicyclic) bond motifs is 2.